The number of rotatable bonds is 4. The Balaban J connectivity index is 1.47. The molecule has 3 heterocycles. The number of nitrogens with zero attached hydrogens (tertiary/aromatic N) is 3. The Morgan fingerprint density at radius 3 is 2.62 bits per heavy atom. The van der Waals surface area contributed by atoms with Crippen LogP contribution in [0.5, 0.6) is 0 Å². The number of hydrogen-bond donors (Lipinski definition) is 2. The predicted molar refractivity (Wildman–Crippen MR) is 114 cm³/mol. The van der Waals surface area contributed by atoms with E-state index in [1.807, 2.05) is 30.3 Å². The molecule has 0 aliphatic carbocycles. The molecule has 0 bridgehead atoms. The molecule has 6 nitrogen and oxygen atoms in total. The third-order valence-corrected chi connectivity index (χ3v) is 5.29. The Hall–Kier alpha value is -2.96. The van der Waals surface area contributed by atoms with Crippen molar-refractivity contribution in [3.63, 3.8) is 0 Å². The summed E-state index contributed by atoms with van der Waals surface area (Å²) in [6.07, 6.45) is 4.52. The van der Waals surface area contributed by atoms with Crippen molar-refractivity contribution in [1.29, 1.82) is 0 Å². The molecule has 0 atom stereocenters. The Labute approximate surface area is 174 Å². The topological polar surface area (TPSA) is 78.4 Å². The second-order valence-corrected chi connectivity index (χ2v) is 7.39. The second kappa shape index (κ2) is 8.59. The van der Waals surface area contributed by atoms with E-state index in [1.54, 1.807) is 30.6 Å². The van der Waals surface area contributed by atoms with Gasteiger partial charge in [-0.3, -0.25) is 9.78 Å². The third-order valence-electron chi connectivity index (χ3n) is 4.96. The van der Waals surface area contributed by atoms with Crippen LogP contribution in [0.25, 0.3) is 11.3 Å². The van der Waals surface area contributed by atoms with Crippen LogP contribution in [-0.4, -0.2) is 40.2 Å². The standard InChI is InChI=1S/C22H21ClN4O2/c23-19-6-5-16(13-18(19)20-3-1-2-10-24-20)26-22(29)15-4-7-21(25-14-15)27-11-8-17(28)9-12-27/h1-7,10,13-14,17,28H,8-9,11-12H2,(H,26,29). The maximum absolute atomic E-state index is 12.6. The van der Waals surface area contributed by atoms with Crippen LogP contribution in [0.3, 0.4) is 0 Å². The fraction of sp³-hybridized carbons (Fsp3) is 0.227. The van der Waals surface area contributed by atoms with Crippen LogP contribution in [-0.2, 0) is 0 Å². The lowest BCUT2D eigenvalue weighted by atomic mass is 10.1. The van der Waals surface area contributed by atoms with E-state index in [4.69, 9.17) is 11.6 Å². The van der Waals surface area contributed by atoms with Crippen molar-refractivity contribution in [1.82, 2.24) is 9.97 Å². The van der Waals surface area contributed by atoms with Gasteiger partial charge in [-0.15, -0.1) is 0 Å². The van der Waals surface area contributed by atoms with Crippen molar-refractivity contribution < 1.29 is 9.90 Å². The minimum atomic E-state index is -0.243. The molecule has 1 fully saturated rings. The summed E-state index contributed by atoms with van der Waals surface area (Å²) < 4.78 is 0. The minimum absolute atomic E-state index is 0.230. The third kappa shape index (κ3) is 4.55. The number of benzene rings is 1. The van der Waals surface area contributed by atoms with Gasteiger partial charge < -0.3 is 15.3 Å². The smallest absolute Gasteiger partial charge is 0.257 e. The number of pyridine rings is 2. The molecule has 1 aromatic carbocycles. The average molecular weight is 409 g/mol. The van der Waals surface area contributed by atoms with Crippen LogP contribution in [0.1, 0.15) is 23.2 Å². The highest BCUT2D eigenvalue weighted by atomic mass is 35.5. The van der Waals surface area contributed by atoms with Gasteiger partial charge in [0.1, 0.15) is 5.82 Å². The quantitative estimate of drug-likeness (QED) is 0.682. The van der Waals surface area contributed by atoms with Crippen LogP contribution in [0.15, 0.2) is 60.9 Å². The van der Waals surface area contributed by atoms with E-state index in [0.717, 1.165) is 43.0 Å². The van der Waals surface area contributed by atoms with E-state index in [-0.39, 0.29) is 12.0 Å². The van der Waals surface area contributed by atoms with Crippen LogP contribution in [0.2, 0.25) is 5.02 Å². The van der Waals surface area contributed by atoms with Crippen LogP contribution >= 0.6 is 11.6 Å². The molecular weight excluding hydrogens is 388 g/mol. The molecule has 0 unspecified atom stereocenters. The summed E-state index contributed by atoms with van der Waals surface area (Å²) in [4.78, 5) is 23.5. The van der Waals surface area contributed by atoms with E-state index in [1.165, 1.54) is 0 Å². The molecule has 0 spiro atoms. The molecule has 2 N–H and O–H groups in total. The summed E-state index contributed by atoms with van der Waals surface area (Å²) in [6, 6.07) is 14.5. The lowest BCUT2D eigenvalue weighted by Crippen LogP contribution is -2.36. The number of amides is 1. The molecule has 1 amide bonds. The largest absolute Gasteiger partial charge is 0.393 e. The molecule has 4 rings (SSSR count). The molecular formula is C22H21ClN4O2. The number of hydrogen-bond acceptors (Lipinski definition) is 5. The molecule has 2 aromatic heterocycles. The molecule has 1 aliphatic heterocycles. The Bertz CT molecular complexity index is 987. The van der Waals surface area contributed by atoms with Gasteiger partial charge in [-0.2, -0.15) is 0 Å². The minimum Gasteiger partial charge on any atom is -0.393 e. The molecule has 148 valence electrons. The first-order valence-corrected chi connectivity index (χ1v) is 9.89. The van der Waals surface area contributed by atoms with Crippen LogP contribution in [0.4, 0.5) is 11.5 Å². The van der Waals surface area contributed by atoms with Crippen molar-refractivity contribution in [2.24, 2.45) is 0 Å². The van der Waals surface area contributed by atoms with E-state index >= 15 is 0 Å². The molecule has 3 aromatic rings. The number of carbonyl (C=O) groups is 1. The molecule has 7 heteroatoms. The summed E-state index contributed by atoms with van der Waals surface area (Å²) in [7, 11) is 0. The van der Waals surface area contributed by atoms with Crippen LogP contribution in [0, 0.1) is 0 Å². The molecule has 0 radical (unpaired) electrons. The monoisotopic (exact) mass is 408 g/mol. The zero-order valence-electron chi connectivity index (χ0n) is 15.8. The second-order valence-electron chi connectivity index (χ2n) is 6.99. The average Bonchev–Trinajstić information content (AvgIpc) is 2.76. The van der Waals surface area contributed by atoms with Crippen molar-refractivity contribution in [2.75, 3.05) is 23.3 Å². The Morgan fingerprint density at radius 2 is 1.93 bits per heavy atom. The number of anilines is 2. The SMILES string of the molecule is O=C(Nc1ccc(Cl)c(-c2ccccn2)c1)c1ccc(N2CCC(O)CC2)nc1. The van der Waals surface area contributed by atoms with Gasteiger partial charge in [0.05, 0.1) is 22.4 Å². The lowest BCUT2D eigenvalue weighted by molar-refractivity contribution is 0.102. The van der Waals surface area contributed by atoms with Gasteiger partial charge in [0, 0.05) is 36.7 Å². The number of halogens is 1. The predicted octanol–water partition coefficient (Wildman–Crippen LogP) is 4.01. The van der Waals surface area contributed by atoms with Gasteiger partial charge in [0.2, 0.25) is 0 Å². The van der Waals surface area contributed by atoms with E-state index in [0.29, 0.717) is 16.3 Å². The van der Waals surface area contributed by atoms with E-state index < -0.39 is 0 Å². The molecule has 0 saturated carbocycles. The summed E-state index contributed by atoms with van der Waals surface area (Å²) in [5.41, 5.74) is 2.60. The van der Waals surface area contributed by atoms with Gasteiger partial charge >= 0.3 is 0 Å². The highest BCUT2D eigenvalue weighted by molar-refractivity contribution is 6.33. The van der Waals surface area contributed by atoms with Crippen molar-refractivity contribution in [3.05, 3.63) is 71.5 Å². The Kier molecular flexibility index (Phi) is 5.74. The summed E-state index contributed by atoms with van der Waals surface area (Å²) in [6.45, 7) is 1.53. The highest BCUT2D eigenvalue weighted by Gasteiger charge is 2.18. The molecule has 1 saturated heterocycles. The maximum atomic E-state index is 12.6. The summed E-state index contributed by atoms with van der Waals surface area (Å²) in [5.74, 6) is 0.574. The maximum Gasteiger partial charge on any atom is 0.257 e. The van der Waals surface area contributed by atoms with Crippen LogP contribution < -0.4 is 10.2 Å². The van der Waals surface area contributed by atoms with Gasteiger partial charge in [-0.25, -0.2) is 4.98 Å². The lowest BCUT2D eigenvalue weighted by Gasteiger charge is -2.30. The van der Waals surface area contributed by atoms with Crippen molar-refractivity contribution >= 4 is 29.0 Å². The van der Waals surface area contributed by atoms with E-state index in [2.05, 4.69) is 20.2 Å². The first-order valence-electron chi connectivity index (χ1n) is 9.51. The normalized spacial score (nSPS) is 14.6. The van der Waals surface area contributed by atoms with Gasteiger partial charge in [-0.05, 0) is 55.3 Å². The van der Waals surface area contributed by atoms with Crippen molar-refractivity contribution in [2.45, 2.75) is 18.9 Å². The molecule has 29 heavy (non-hydrogen) atoms. The number of aliphatic hydroxyl groups is 1. The highest BCUT2D eigenvalue weighted by Crippen LogP contribution is 2.29. The van der Waals surface area contributed by atoms with Gasteiger partial charge in [0.15, 0.2) is 0 Å². The fourth-order valence-electron chi connectivity index (χ4n) is 3.33. The van der Waals surface area contributed by atoms with E-state index in [9.17, 15) is 9.90 Å². The Morgan fingerprint density at radius 1 is 1.10 bits per heavy atom. The number of piperidine rings is 1. The van der Waals surface area contributed by atoms with Crippen molar-refractivity contribution in [3.8, 4) is 11.3 Å². The first kappa shape index (κ1) is 19.4. The van der Waals surface area contributed by atoms with Gasteiger partial charge in [0.25, 0.3) is 5.91 Å². The number of nitrogens with one attached hydrogen (secondary N) is 1. The zero-order valence-corrected chi connectivity index (χ0v) is 16.5. The molecule has 1 aliphatic rings. The summed E-state index contributed by atoms with van der Waals surface area (Å²) >= 11 is 6.30. The summed E-state index contributed by atoms with van der Waals surface area (Å²) in [5, 5.41) is 13.1. The number of aromatic nitrogens is 2. The first-order chi connectivity index (χ1) is 14.1. The fourth-order valence-corrected chi connectivity index (χ4v) is 3.54. The van der Waals surface area contributed by atoms with Gasteiger partial charge in [-0.1, -0.05) is 17.7 Å². The number of aliphatic hydroxyl groups excluding tert-OH is 1. The zero-order chi connectivity index (χ0) is 20.2. The number of carbonyl (C=O) groups excluding carboxylic acids is 1.